The summed E-state index contributed by atoms with van der Waals surface area (Å²) in [4.78, 5) is 4.49. The summed E-state index contributed by atoms with van der Waals surface area (Å²) in [6.45, 7) is 2.05. The molecule has 0 fully saturated rings. The molecule has 0 saturated carbocycles. The maximum atomic E-state index is 9.48. The summed E-state index contributed by atoms with van der Waals surface area (Å²) in [7, 11) is 0. The molecule has 112 valence electrons. The standard InChI is InChI=1S/C18H16ClNO2/c1-12(21)11-20-16-10-18(13-5-3-2-4-6-13)22-17-8-7-14(19)9-15(16)17/h2-10,12,21H,11H2,1H3/t12-/m0/s1. The van der Waals surface area contributed by atoms with E-state index in [1.54, 1.807) is 13.0 Å². The first-order chi connectivity index (χ1) is 10.6. The summed E-state index contributed by atoms with van der Waals surface area (Å²) in [6, 6.07) is 17.2. The van der Waals surface area contributed by atoms with Crippen molar-refractivity contribution in [2.45, 2.75) is 13.0 Å². The number of hydrogen-bond acceptors (Lipinski definition) is 3. The Hall–Kier alpha value is -2.10. The molecule has 0 spiro atoms. The van der Waals surface area contributed by atoms with E-state index in [4.69, 9.17) is 16.0 Å². The van der Waals surface area contributed by atoms with E-state index in [0.29, 0.717) is 11.6 Å². The Morgan fingerprint density at radius 1 is 1.14 bits per heavy atom. The highest BCUT2D eigenvalue weighted by molar-refractivity contribution is 6.31. The second-order valence-corrected chi connectivity index (χ2v) is 5.63. The van der Waals surface area contributed by atoms with Crippen molar-refractivity contribution in [3.63, 3.8) is 0 Å². The number of fused-ring (bicyclic) bond motifs is 1. The molecule has 0 bridgehead atoms. The van der Waals surface area contributed by atoms with Crippen LogP contribution in [0.5, 0.6) is 0 Å². The number of aliphatic hydroxyl groups is 1. The fraction of sp³-hybridized carbons (Fsp3) is 0.167. The molecular formula is C18H16ClNO2. The fourth-order valence-electron chi connectivity index (χ4n) is 2.25. The Morgan fingerprint density at radius 2 is 1.91 bits per heavy atom. The lowest BCUT2D eigenvalue weighted by molar-refractivity contribution is 0.203. The smallest absolute Gasteiger partial charge is 0.136 e. The molecule has 0 unspecified atom stereocenters. The molecule has 0 aliphatic heterocycles. The molecular weight excluding hydrogens is 298 g/mol. The second-order valence-electron chi connectivity index (χ2n) is 5.19. The van der Waals surface area contributed by atoms with Crippen molar-refractivity contribution in [2.75, 3.05) is 6.54 Å². The van der Waals surface area contributed by atoms with Gasteiger partial charge in [0.25, 0.3) is 0 Å². The fourth-order valence-corrected chi connectivity index (χ4v) is 2.42. The maximum Gasteiger partial charge on any atom is 0.136 e. The first kappa shape index (κ1) is 14.8. The summed E-state index contributed by atoms with van der Waals surface area (Å²) < 4.78 is 5.97. The topological polar surface area (TPSA) is 45.7 Å². The van der Waals surface area contributed by atoms with Crippen LogP contribution in [0.1, 0.15) is 6.92 Å². The Balaban J connectivity index is 2.25. The van der Waals surface area contributed by atoms with Crippen LogP contribution in [0.4, 0.5) is 0 Å². The predicted molar refractivity (Wildman–Crippen MR) is 88.8 cm³/mol. The van der Waals surface area contributed by atoms with Gasteiger partial charge in [-0.2, -0.15) is 0 Å². The van der Waals surface area contributed by atoms with E-state index in [9.17, 15) is 5.11 Å². The largest absolute Gasteiger partial charge is 0.456 e. The summed E-state index contributed by atoms with van der Waals surface area (Å²) in [5.74, 6) is 0.736. The van der Waals surface area contributed by atoms with Gasteiger partial charge in [-0.25, -0.2) is 0 Å². The van der Waals surface area contributed by atoms with Gasteiger partial charge in [0.2, 0.25) is 0 Å². The van der Waals surface area contributed by atoms with E-state index in [1.807, 2.05) is 48.5 Å². The van der Waals surface area contributed by atoms with Crippen molar-refractivity contribution >= 4 is 22.6 Å². The molecule has 1 aromatic heterocycles. The molecule has 22 heavy (non-hydrogen) atoms. The molecule has 1 N–H and O–H groups in total. The zero-order chi connectivity index (χ0) is 15.5. The SMILES string of the molecule is C[C@H](O)CN=c1cc(-c2ccccc2)oc2ccc(Cl)cc12. The number of nitrogens with zero attached hydrogens (tertiary/aromatic N) is 1. The predicted octanol–water partition coefficient (Wildman–Crippen LogP) is 4.03. The number of rotatable bonds is 3. The van der Waals surface area contributed by atoms with Crippen LogP contribution in [-0.2, 0) is 0 Å². The van der Waals surface area contributed by atoms with Crippen LogP contribution in [-0.4, -0.2) is 17.8 Å². The van der Waals surface area contributed by atoms with Crippen LogP contribution in [0.25, 0.3) is 22.3 Å². The molecule has 0 aliphatic rings. The van der Waals surface area contributed by atoms with Crippen LogP contribution in [0.3, 0.4) is 0 Å². The van der Waals surface area contributed by atoms with Crippen molar-refractivity contribution in [1.82, 2.24) is 0 Å². The highest BCUT2D eigenvalue weighted by Gasteiger charge is 2.06. The molecule has 1 atom stereocenters. The normalized spacial score (nSPS) is 13.5. The van der Waals surface area contributed by atoms with E-state index in [1.165, 1.54) is 0 Å². The van der Waals surface area contributed by atoms with E-state index < -0.39 is 6.10 Å². The summed E-state index contributed by atoms with van der Waals surface area (Å²) in [6.07, 6.45) is -0.494. The molecule has 1 heterocycles. The number of aliphatic hydroxyl groups excluding tert-OH is 1. The molecule has 3 nitrogen and oxygen atoms in total. The van der Waals surface area contributed by atoms with Gasteiger partial charge in [-0.05, 0) is 25.1 Å². The molecule has 2 aromatic carbocycles. The lowest BCUT2D eigenvalue weighted by Gasteiger charge is -2.06. The monoisotopic (exact) mass is 313 g/mol. The molecule has 3 rings (SSSR count). The Kier molecular flexibility index (Phi) is 4.27. The van der Waals surface area contributed by atoms with E-state index in [2.05, 4.69) is 4.99 Å². The third-order valence-electron chi connectivity index (χ3n) is 3.29. The molecule has 0 amide bonds. The van der Waals surface area contributed by atoms with E-state index in [-0.39, 0.29) is 0 Å². The van der Waals surface area contributed by atoms with Crippen molar-refractivity contribution in [2.24, 2.45) is 4.99 Å². The molecule has 3 aromatic rings. The lowest BCUT2D eigenvalue weighted by Crippen LogP contribution is -2.11. The molecule has 0 radical (unpaired) electrons. The van der Waals surface area contributed by atoms with Crippen LogP contribution < -0.4 is 5.36 Å². The van der Waals surface area contributed by atoms with Crippen molar-refractivity contribution in [1.29, 1.82) is 0 Å². The average molecular weight is 314 g/mol. The summed E-state index contributed by atoms with van der Waals surface area (Å²) in [5.41, 5.74) is 1.70. The van der Waals surface area contributed by atoms with Gasteiger partial charge in [-0.15, -0.1) is 0 Å². The number of hydrogen-bond donors (Lipinski definition) is 1. The van der Waals surface area contributed by atoms with Crippen molar-refractivity contribution < 1.29 is 9.52 Å². The minimum Gasteiger partial charge on any atom is -0.456 e. The van der Waals surface area contributed by atoms with Crippen LogP contribution in [0.2, 0.25) is 5.02 Å². The zero-order valence-electron chi connectivity index (χ0n) is 12.2. The van der Waals surface area contributed by atoms with Gasteiger partial charge in [0.15, 0.2) is 0 Å². The highest BCUT2D eigenvalue weighted by Crippen LogP contribution is 2.23. The van der Waals surface area contributed by atoms with Crippen molar-refractivity contribution in [3.05, 3.63) is 65.0 Å². The van der Waals surface area contributed by atoms with Gasteiger partial charge in [-0.3, -0.25) is 4.99 Å². The maximum absolute atomic E-state index is 9.48. The minimum atomic E-state index is -0.494. The second kappa shape index (κ2) is 6.34. The molecule has 0 saturated heterocycles. The van der Waals surface area contributed by atoms with Crippen LogP contribution >= 0.6 is 11.6 Å². The molecule has 4 heteroatoms. The number of halogens is 1. The first-order valence-electron chi connectivity index (χ1n) is 7.11. The van der Waals surface area contributed by atoms with Gasteiger partial charge in [0.05, 0.1) is 18.0 Å². The third-order valence-corrected chi connectivity index (χ3v) is 3.52. The highest BCUT2D eigenvalue weighted by atomic mass is 35.5. The van der Waals surface area contributed by atoms with Gasteiger partial charge < -0.3 is 9.52 Å². The quantitative estimate of drug-likeness (QED) is 0.793. The van der Waals surface area contributed by atoms with Gasteiger partial charge in [0.1, 0.15) is 11.3 Å². The lowest BCUT2D eigenvalue weighted by atomic mass is 10.1. The van der Waals surface area contributed by atoms with Gasteiger partial charge >= 0.3 is 0 Å². The van der Waals surface area contributed by atoms with Crippen LogP contribution in [0.15, 0.2) is 64.0 Å². The van der Waals surface area contributed by atoms with Gasteiger partial charge in [0, 0.05) is 22.0 Å². The Bertz CT molecular complexity index is 854. The first-order valence-corrected chi connectivity index (χ1v) is 7.48. The average Bonchev–Trinajstić information content (AvgIpc) is 2.53. The number of benzene rings is 2. The van der Waals surface area contributed by atoms with Gasteiger partial charge in [-0.1, -0.05) is 41.9 Å². The molecule has 0 aliphatic carbocycles. The minimum absolute atomic E-state index is 0.333. The zero-order valence-corrected chi connectivity index (χ0v) is 12.9. The van der Waals surface area contributed by atoms with E-state index >= 15 is 0 Å². The summed E-state index contributed by atoms with van der Waals surface area (Å²) >= 11 is 6.08. The van der Waals surface area contributed by atoms with Crippen LogP contribution in [0, 0.1) is 0 Å². The Labute approximate surface area is 133 Å². The Morgan fingerprint density at radius 3 is 2.64 bits per heavy atom. The van der Waals surface area contributed by atoms with Crippen molar-refractivity contribution in [3.8, 4) is 11.3 Å². The summed E-state index contributed by atoms with van der Waals surface area (Å²) in [5, 5.41) is 11.7. The third kappa shape index (κ3) is 3.21. The van der Waals surface area contributed by atoms with E-state index in [0.717, 1.165) is 27.7 Å².